The minimum atomic E-state index is -1.10. The second-order valence-corrected chi connectivity index (χ2v) is 2.01. The maximum atomic E-state index is 11.8. The zero-order valence-corrected chi connectivity index (χ0v) is 7.86. The van der Waals surface area contributed by atoms with Gasteiger partial charge in [0, 0.05) is 0 Å². The van der Waals surface area contributed by atoms with Crippen LogP contribution in [0.4, 0.5) is 4.39 Å². The summed E-state index contributed by atoms with van der Waals surface area (Å²) in [5.74, 6) is 0. The number of hydrogen-bond donors (Lipinski definition) is 1. The molecular weight excluding hydrogens is 145 g/mol. The first-order valence-corrected chi connectivity index (χ1v) is 4.17. The topological polar surface area (TPSA) is 57.5 Å². The van der Waals surface area contributed by atoms with Crippen molar-refractivity contribution < 1.29 is 9.87 Å². The predicted molar refractivity (Wildman–Crippen MR) is 48.2 cm³/mol. The molecule has 0 aliphatic rings. The number of unbranched alkanes of at least 4 members (excludes halogenated alkanes) is 2. The highest BCUT2D eigenvalue weighted by Gasteiger charge is 1.94. The van der Waals surface area contributed by atoms with Crippen LogP contribution in [0.3, 0.4) is 0 Å². The van der Waals surface area contributed by atoms with E-state index < -0.39 is 6.30 Å². The van der Waals surface area contributed by atoms with Gasteiger partial charge in [-0.25, -0.2) is 4.39 Å². The minimum Gasteiger partial charge on any atom is -0.412 e. The van der Waals surface area contributed by atoms with Crippen molar-refractivity contribution in [2.45, 2.75) is 52.8 Å². The Labute approximate surface area is 69.3 Å². The van der Waals surface area contributed by atoms with Gasteiger partial charge in [0.15, 0.2) is 0 Å². The van der Waals surface area contributed by atoms with Crippen LogP contribution in [0.25, 0.3) is 0 Å². The van der Waals surface area contributed by atoms with E-state index in [9.17, 15) is 4.39 Å². The zero-order valence-electron chi connectivity index (χ0n) is 7.86. The Bertz CT molecular complexity index is 51.4. The lowest BCUT2D eigenvalue weighted by atomic mass is 10.2. The molecular formula is C8H22FNO. The summed E-state index contributed by atoms with van der Waals surface area (Å²) < 4.78 is 11.8. The Hall–Kier alpha value is -0.150. The number of rotatable bonds is 4. The maximum Gasteiger partial charge on any atom is 0.148 e. The van der Waals surface area contributed by atoms with Crippen LogP contribution in [0.2, 0.25) is 0 Å². The molecule has 0 aliphatic carbocycles. The van der Waals surface area contributed by atoms with Crippen molar-refractivity contribution in [3.05, 3.63) is 0 Å². The molecule has 0 aromatic rings. The third-order valence-corrected chi connectivity index (χ3v) is 1.08. The fraction of sp³-hybridized carbons (Fsp3) is 1.00. The second kappa shape index (κ2) is 16.4. The van der Waals surface area contributed by atoms with E-state index in [2.05, 4.69) is 6.92 Å². The van der Waals surface area contributed by atoms with E-state index in [0.717, 1.165) is 19.3 Å². The highest BCUT2D eigenvalue weighted by Crippen LogP contribution is 2.01. The van der Waals surface area contributed by atoms with Crippen molar-refractivity contribution in [3.63, 3.8) is 0 Å². The molecule has 0 amide bonds. The van der Waals surface area contributed by atoms with Crippen molar-refractivity contribution in [3.8, 4) is 0 Å². The van der Waals surface area contributed by atoms with Crippen molar-refractivity contribution in [2.24, 2.45) is 5.73 Å². The van der Waals surface area contributed by atoms with Gasteiger partial charge in [-0.3, -0.25) is 0 Å². The van der Waals surface area contributed by atoms with Crippen molar-refractivity contribution >= 4 is 0 Å². The fourth-order valence-electron chi connectivity index (χ4n) is 0.589. The quantitative estimate of drug-likeness (QED) is 0.505. The second-order valence-electron chi connectivity index (χ2n) is 2.01. The molecule has 0 aromatic carbocycles. The van der Waals surface area contributed by atoms with Crippen molar-refractivity contribution in [1.82, 2.24) is 0 Å². The summed E-state index contributed by atoms with van der Waals surface area (Å²) in [5, 5.41) is 0. The largest absolute Gasteiger partial charge is 0.412 e. The molecule has 11 heavy (non-hydrogen) atoms. The van der Waals surface area contributed by atoms with E-state index in [1.165, 1.54) is 0 Å². The molecule has 0 heterocycles. The lowest BCUT2D eigenvalue weighted by molar-refractivity contribution is 0.315. The molecule has 1 atom stereocenters. The zero-order chi connectivity index (χ0) is 8.41. The minimum absolute atomic E-state index is 0. The summed E-state index contributed by atoms with van der Waals surface area (Å²) in [6, 6.07) is 0. The SMILES string of the molecule is CC.CCCCCC(N)F.O. The first-order chi connectivity index (χ1) is 4.77. The maximum absolute atomic E-state index is 11.8. The lowest BCUT2D eigenvalue weighted by Crippen LogP contribution is -2.11. The molecule has 72 valence electrons. The Balaban J connectivity index is -0.000000196. The summed E-state index contributed by atoms with van der Waals surface area (Å²) in [6.45, 7) is 6.09. The molecule has 0 rings (SSSR count). The van der Waals surface area contributed by atoms with Crippen LogP contribution in [-0.4, -0.2) is 11.8 Å². The highest BCUT2D eigenvalue weighted by molar-refractivity contribution is 4.44. The molecule has 2 nitrogen and oxygen atoms in total. The van der Waals surface area contributed by atoms with Gasteiger partial charge in [-0.2, -0.15) is 0 Å². The highest BCUT2D eigenvalue weighted by atomic mass is 19.1. The molecule has 0 spiro atoms. The molecule has 0 saturated heterocycles. The summed E-state index contributed by atoms with van der Waals surface area (Å²) in [7, 11) is 0. The summed E-state index contributed by atoms with van der Waals surface area (Å²) in [6.07, 6.45) is 2.58. The Morgan fingerprint density at radius 3 is 2.00 bits per heavy atom. The first kappa shape index (κ1) is 17.1. The van der Waals surface area contributed by atoms with Gasteiger partial charge in [-0.05, 0) is 12.8 Å². The average molecular weight is 167 g/mol. The Morgan fingerprint density at radius 2 is 1.73 bits per heavy atom. The standard InChI is InChI=1S/C6H14FN.C2H6.H2O/c1-2-3-4-5-6(7)8;1-2;/h6H,2-5,8H2,1H3;1-2H3;1H2. The van der Waals surface area contributed by atoms with Crippen molar-refractivity contribution in [1.29, 1.82) is 0 Å². The molecule has 0 aliphatic heterocycles. The summed E-state index contributed by atoms with van der Waals surface area (Å²) >= 11 is 0. The third kappa shape index (κ3) is 25.8. The number of halogens is 1. The third-order valence-electron chi connectivity index (χ3n) is 1.08. The van der Waals surface area contributed by atoms with Gasteiger partial charge in [0.05, 0.1) is 0 Å². The summed E-state index contributed by atoms with van der Waals surface area (Å²) in [5.41, 5.74) is 4.87. The fourth-order valence-corrected chi connectivity index (χ4v) is 0.589. The molecule has 0 fully saturated rings. The van der Waals surface area contributed by atoms with Crippen molar-refractivity contribution in [2.75, 3.05) is 0 Å². The van der Waals surface area contributed by atoms with Crippen LogP contribution < -0.4 is 5.73 Å². The molecule has 3 heteroatoms. The molecule has 4 N–H and O–H groups in total. The Kier molecular flexibility index (Phi) is 25.5. The monoisotopic (exact) mass is 167 g/mol. The normalized spacial score (nSPS) is 10.6. The van der Waals surface area contributed by atoms with Crippen LogP contribution in [0, 0.1) is 0 Å². The van der Waals surface area contributed by atoms with E-state index in [4.69, 9.17) is 5.73 Å². The smallest absolute Gasteiger partial charge is 0.148 e. The Morgan fingerprint density at radius 1 is 1.27 bits per heavy atom. The van der Waals surface area contributed by atoms with E-state index in [-0.39, 0.29) is 5.48 Å². The number of hydrogen-bond acceptors (Lipinski definition) is 1. The van der Waals surface area contributed by atoms with Gasteiger partial charge in [-0.1, -0.05) is 33.6 Å². The van der Waals surface area contributed by atoms with E-state index in [0.29, 0.717) is 6.42 Å². The first-order valence-electron chi connectivity index (χ1n) is 4.17. The lowest BCUT2D eigenvalue weighted by Gasteiger charge is -1.97. The van der Waals surface area contributed by atoms with E-state index >= 15 is 0 Å². The van der Waals surface area contributed by atoms with Gasteiger partial charge < -0.3 is 11.2 Å². The molecule has 0 bridgehead atoms. The van der Waals surface area contributed by atoms with E-state index in [1.807, 2.05) is 13.8 Å². The van der Waals surface area contributed by atoms with Crippen LogP contribution in [0.1, 0.15) is 46.5 Å². The molecule has 0 saturated carbocycles. The molecule has 0 radical (unpaired) electrons. The molecule has 0 aromatic heterocycles. The van der Waals surface area contributed by atoms with Crippen LogP contribution >= 0.6 is 0 Å². The van der Waals surface area contributed by atoms with Crippen LogP contribution in [0.15, 0.2) is 0 Å². The number of alkyl halides is 1. The van der Waals surface area contributed by atoms with Gasteiger partial charge in [0.2, 0.25) is 0 Å². The summed E-state index contributed by atoms with van der Waals surface area (Å²) in [4.78, 5) is 0. The van der Waals surface area contributed by atoms with Crippen LogP contribution in [-0.2, 0) is 0 Å². The van der Waals surface area contributed by atoms with Gasteiger partial charge >= 0.3 is 0 Å². The van der Waals surface area contributed by atoms with Gasteiger partial charge in [-0.15, -0.1) is 0 Å². The van der Waals surface area contributed by atoms with Crippen LogP contribution in [0.5, 0.6) is 0 Å². The molecule has 1 unspecified atom stereocenters. The van der Waals surface area contributed by atoms with Gasteiger partial charge in [0.1, 0.15) is 6.30 Å². The predicted octanol–water partition coefficient (Wildman–Crippen LogP) is 2.02. The number of nitrogens with two attached hydrogens (primary N) is 1. The van der Waals surface area contributed by atoms with E-state index in [1.54, 1.807) is 0 Å². The average Bonchev–Trinajstić information content (AvgIpc) is 1.92. The van der Waals surface area contributed by atoms with Gasteiger partial charge in [0.25, 0.3) is 0 Å².